The summed E-state index contributed by atoms with van der Waals surface area (Å²) in [6.07, 6.45) is -0.00365. The lowest BCUT2D eigenvalue weighted by Gasteiger charge is -2.20. The molecule has 0 aliphatic carbocycles. The summed E-state index contributed by atoms with van der Waals surface area (Å²) in [4.78, 5) is 39.2. The molecule has 1 aromatic carbocycles. The molecule has 0 spiro atoms. The van der Waals surface area contributed by atoms with E-state index < -0.39 is 23.4 Å². The van der Waals surface area contributed by atoms with Crippen molar-refractivity contribution in [2.75, 3.05) is 5.32 Å². The van der Waals surface area contributed by atoms with Crippen LogP contribution in [0.5, 0.6) is 0 Å². The Balaban J connectivity index is 2.17. The summed E-state index contributed by atoms with van der Waals surface area (Å²) in [5.41, 5.74) is 0.170. The number of aromatic carboxylic acids is 1. The Bertz CT molecular complexity index is 840. The first-order chi connectivity index (χ1) is 12.2. The molecule has 2 aromatic rings. The quantitative estimate of drug-likeness (QED) is 0.798. The third kappa shape index (κ3) is 5.41. The molecule has 0 fully saturated rings. The molecule has 0 unspecified atom stereocenters. The number of esters is 1. The summed E-state index contributed by atoms with van der Waals surface area (Å²) in [7, 11) is 0. The van der Waals surface area contributed by atoms with Crippen LogP contribution in [0.4, 0.5) is 5.69 Å². The van der Waals surface area contributed by atoms with Gasteiger partial charge < -0.3 is 15.2 Å². The highest BCUT2D eigenvalue weighted by Crippen LogP contribution is 2.18. The zero-order valence-corrected chi connectivity index (χ0v) is 14.8. The second-order valence-corrected chi connectivity index (χ2v) is 6.59. The van der Waals surface area contributed by atoms with Crippen LogP contribution in [0.2, 0.25) is 0 Å². The predicted octanol–water partition coefficient (Wildman–Crippen LogP) is 2.92. The monoisotopic (exact) mass is 356 g/mol. The number of rotatable bonds is 5. The fourth-order valence-corrected chi connectivity index (χ4v) is 2.20. The second-order valence-electron chi connectivity index (χ2n) is 6.59. The Hall–Kier alpha value is -3.22. The van der Waals surface area contributed by atoms with Crippen molar-refractivity contribution in [2.24, 2.45) is 0 Å². The first-order valence-corrected chi connectivity index (χ1v) is 7.97. The molecule has 1 aromatic heterocycles. The van der Waals surface area contributed by atoms with E-state index in [9.17, 15) is 14.4 Å². The molecule has 0 aliphatic heterocycles. The van der Waals surface area contributed by atoms with E-state index in [2.05, 4.69) is 10.3 Å². The summed E-state index contributed by atoms with van der Waals surface area (Å²) in [5.74, 6) is -2.19. The predicted molar refractivity (Wildman–Crippen MR) is 95.1 cm³/mol. The number of nitrogens with zero attached hydrogens (tertiary/aromatic N) is 1. The maximum atomic E-state index is 12.4. The average Bonchev–Trinajstić information content (AvgIpc) is 2.55. The summed E-state index contributed by atoms with van der Waals surface area (Å²) >= 11 is 0. The highest BCUT2D eigenvalue weighted by molar-refractivity contribution is 6.04. The molecule has 0 aliphatic rings. The van der Waals surface area contributed by atoms with Gasteiger partial charge in [0.2, 0.25) is 0 Å². The van der Waals surface area contributed by atoms with Crippen molar-refractivity contribution < 1.29 is 24.2 Å². The van der Waals surface area contributed by atoms with Crippen molar-refractivity contribution in [1.82, 2.24) is 4.98 Å². The van der Waals surface area contributed by atoms with E-state index in [1.807, 2.05) is 0 Å². The first-order valence-electron chi connectivity index (χ1n) is 7.97. The van der Waals surface area contributed by atoms with Crippen LogP contribution >= 0.6 is 0 Å². The summed E-state index contributed by atoms with van der Waals surface area (Å²) in [5, 5.41) is 11.6. The van der Waals surface area contributed by atoms with Crippen LogP contribution in [0.3, 0.4) is 0 Å². The Kier molecular flexibility index (Phi) is 5.71. The molecule has 0 saturated carbocycles. The van der Waals surface area contributed by atoms with Crippen LogP contribution in [0.15, 0.2) is 42.5 Å². The van der Waals surface area contributed by atoms with Crippen molar-refractivity contribution in [3.63, 3.8) is 0 Å². The first kappa shape index (κ1) is 19.1. The lowest BCUT2D eigenvalue weighted by molar-refractivity contribution is -0.153. The number of benzene rings is 1. The van der Waals surface area contributed by atoms with Gasteiger partial charge in [-0.2, -0.15) is 0 Å². The highest BCUT2D eigenvalue weighted by Gasteiger charge is 2.19. The number of carbonyl (C=O) groups is 3. The molecule has 0 radical (unpaired) electrons. The molecule has 26 heavy (non-hydrogen) atoms. The minimum absolute atomic E-state index is 0.00365. The Labute approximate surface area is 151 Å². The number of amides is 1. The number of carboxylic acid groups (broad SMARTS) is 1. The van der Waals surface area contributed by atoms with Crippen LogP contribution in [-0.4, -0.2) is 33.5 Å². The molecular formula is C19H20N2O5. The largest absolute Gasteiger partial charge is 0.477 e. The fraction of sp³-hybridized carbons (Fsp3) is 0.263. The molecule has 7 nitrogen and oxygen atoms in total. The van der Waals surface area contributed by atoms with Crippen molar-refractivity contribution >= 4 is 23.5 Å². The highest BCUT2D eigenvalue weighted by atomic mass is 16.6. The van der Waals surface area contributed by atoms with Gasteiger partial charge in [0.1, 0.15) is 17.0 Å². The molecule has 0 atom stereocenters. The SMILES string of the molecule is CC(C)(C)OC(=O)Cc1ccccc1NC(=O)c1cccc(C(=O)O)n1. The topological polar surface area (TPSA) is 106 Å². The summed E-state index contributed by atoms with van der Waals surface area (Å²) in [6.45, 7) is 5.33. The zero-order valence-electron chi connectivity index (χ0n) is 14.8. The van der Waals surface area contributed by atoms with Gasteiger partial charge in [0.25, 0.3) is 5.91 Å². The van der Waals surface area contributed by atoms with Gasteiger partial charge in [0, 0.05) is 5.69 Å². The maximum Gasteiger partial charge on any atom is 0.354 e. The molecule has 136 valence electrons. The summed E-state index contributed by atoms with van der Waals surface area (Å²) in [6, 6.07) is 11.0. The number of carbonyl (C=O) groups excluding carboxylic acids is 2. The van der Waals surface area contributed by atoms with E-state index in [0.717, 1.165) is 0 Å². The number of para-hydroxylation sites is 1. The third-order valence-electron chi connectivity index (χ3n) is 3.22. The number of anilines is 1. The van der Waals surface area contributed by atoms with E-state index in [-0.39, 0.29) is 17.8 Å². The molecule has 2 rings (SSSR count). The van der Waals surface area contributed by atoms with E-state index in [0.29, 0.717) is 11.3 Å². The summed E-state index contributed by atoms with van der Waals surface area (Å²) < 4.78 is 5.30. The molecule has 1 amide bonds. The number of pyridine rings is 1. The van der Waals surface area contributed by atoms with Gasteiger partial charge in [-0.05, 0) is 44.5 Å². The van der Waals surface area contributed by atoms with Crippen LogP contribution < -0.4 is 5.32 Å². The standard InChI is InChI=1S/C19H20N2O5/c1-19(2,3)26-16(22)11-12-7-4-5-8-13(12)21-17(23)14-9-6-10-15(20-14)18(24)25/h4-10H,11H2,1-3H3,(H,21,23)(H,24,25). The molecule has 2 N–H and O–H groups in total. The number of carboxylic acids is 1. The van der Waals surface area contributed by atoms with E-state index in [1.54, 1.807) is 45.0 Å². The second kappa shape index (κ2) is 7.77. The van der Waals surface area contributed by atoms with Crippen LogP contribution in [-0.2, 0) is 16.0 Å². The van der Waals surface area contributed by atoms with Crippen molar-refractivity contribution in [2.45, 2.75) is 32.8 Å². The van der Waals surface area contributed by atoms with Gasteiger partial charge >= 0.3 is 11.9 Å². The molecule has 0 saturated heterocycles. The lowest BCUT2D eigenvalue weighted by Crippen LogP contribution is -2.25. The van der Waals surface area contributed by atoms with Gasteiger partial charge in [0.15, 0.2) is 0 Å². The van der Waals surface area contributed by atoms with Crippen molar-refractivity contribution in [1.29, 1.82) is 0 Å². The van der Waals surface area contributed by atoms with E-state index >= 15 is 0 Å². The van der Waals surface area contributed by atoms with Gasteiger partial charge in [-0.25, -0.2) is 9.78 Å². The maximum absolute atomic E-state index is 12.4. The number of aromatic nitrogens is 1. The third-order valence-corrected chi connectivity index (χ3v) is 3.22. The average molecular weight is 356 g/mol. The lowest BCUT2D eigenvalue weighted by atomic mass is 10.1. The van der Waals surface area contributed by atoms with Gasteiger partial charge in [-0.15, -0.1) is 0 Å². The normalized spacial score (nSPS) is 10.9. The van der Waals surface area contributed by atoms with Crippen LogP contribution in [0.1, 0.15) is 47.3 Å². The van der Waals surface area contributed by atoms with Crippen molar-refractivity contribution in [3.05, 3.63) is 59.4 Å². The minimum Gasteiger partial charge on any atom is -0.477 e. The molecule has 1 heterocycles. The Morgan fingerprint density at radius 1 is 1.04 bits per heavy atom. The van der Waals surface area contributed by atoms with E-state index in [4.69, 9.17) is 9.84 Å². The van der Waals surface area contributed by atoms with Gasteiger partial charge in [-0.1, -0.05) is 24.3 Å². The van der Waals surface area contributed by atoms with Crippen LogP contribution in [0.25, 0.3) is 0 Å². The van der Waals surface area contributed by atoms with Crippen molar-refractivity contribution in [3.8, 4) is 0 Å². The van der Waals surface area contributed by atoms with Gasteiger partial charge in [0.05, 0.1) is 6.42 Å². The zero-order chi connectivity index (χ0) is 19.3. The number of hydrogen-bond acceptors (Lipinski definition) is 5. The van der Waals surface area contributed by atoms with E-state index in [1.165, 1.54) is 18.2 Å². The number of nitrogens with one attached hydrogen (secondary N) is 1. The fourth-order valence-electron chi connectivity index (χ4n) is 2.20. The smallest absolute Gasteiger partial charge is 0.354 e. The molecular weight excluding hydrogens is 336 g/mol. The molecule has 7 heteroatoms. The molecule has 0 bridgehead atoms. The number of ether oxygens (including phenoxy) is 1. The Morgan fingerprint density at radius 2 is 1.69 bits per heavy atom. The Morgan fingerprint density at radius 3 is 2.35 bits per heavy atom. The minimum atomic E-state index is -1.22. The van der Waals surface area contributed by atoms with Crippen LogP contribution in [0, 0.1) is 0 Å². The number of hydrogen-bond donors (Lipinski definition) is 2. The van der Waals surface area contributed by atoms with Gasteiger partial charge in [-0.3, -0.25) is 9.59 Å².